The third-order valence-electron chi connectivity index (χ3n) is 0. The van der Waals surface area contributed by atoms with Crippen molar-refractivity contribution in [3.63, 3.8) is 0 Å². The molecule has 0 N–H and O–H groups in total. The summed E-state index contributed by atoms with van der Waals surface area (Å²) < 4.78 is 475. The van der Waals surface area contributed by atoms with E-state index in [-0.39, 0.29) is 112 Å². The van der Waals surface area contributed by atoms with Crippen LogP contribution in [0.2, 0.25) is 0 Å². The summed E-state index contributed by atoms with van der Waals surface area (Å²) in [6.07, 6.45) is 0. The highest BCUT2D eigenvalue weighted by molar-refractivity contribution is 2.53. The molecule has 0 aliphatic rings. The maximum absolute atomic E-state index is 5.75. The summed E-state index contributed by atoms with van der Waals surface area (Å²) in [6.45, 7) is 0. The molecule has 360 valence electrons. The average molecular weight is 835 g/mol. The Labute approximate surface area is 400 Å². The maximum Gasteiger partial charge on any atom is 0.0194 e. The highest BCUT2D eigenvalue weighted by Crippen LogP contribution is 0.175. The van der Waals surface area contributed by atoms with E-state index in [1.165, 1.54) is 148 Å². The second-order valence-corrected chi connectivity index (χ2v) is 0. The topological polar surface area (TPSA) is 0 Å². The normalized spacial score (nSPS) is 13.4. The van der Waals surface area contributed by atoms with E-state index in [0.29, 0.717) is 0 Å². The lowest BCUT2D eigenvalue weighted by atomic mass is 12.0. The van der Waals surface area contributed by atoms with Crippen molar-refractivity contribution in [2.24, 2.45) is 0 Å². The molecule has 0 aliphatic heterocycles. The van der Waals surface area contributed by atoms with Gasteiger partial charge in [-0.15, -0.1) is 0 Å². The van der Waals surface area contributed by atoms with Crippen LogP contribution in [0, 0.1) is 0 Å². The monoisotopic (exact) mass is 835 g/mol. The van der Waals surface area contributed by atoms with Gasteiger partial charge in [-0.2, -0.15) is 0 Å². The van der Waals surface area contributed by atoms with Gasteiger partial charge < -0.3 is 0 Å². The van der Waals surface area contributed by atoms with Crippen molar-refractivity contribution in [2.45, 2.75) is 237 Å². The molecule has 0 radical (unpaired) electrons. The first-order valence-electron chi connectivity index (χ1n) is 56.0. The predicted molar refractivity (Wildman–Crippen MR) is 325 cm³/mol. The van der Waals surface area contributed by atoms with Gasteiger partial charge in [-0.05, 0) is 0 Å². The molecule has 0 aromatic heterocycles. The van der Waals surface area contributed by atoms with Crippen LogP contribution in [0.1, 0.15) is 394 Å². The molecule has 32 heavy (non-hydrogen) atoms. The van der Waals surface area contributed by atoms with E-state index in [2.05, 4.69) is 0 Å². The minimum absolute atomic E-state index is 0. The standard InChI is InChI=1S/32CH4.52H2/h32*1H4;52*1H/i20*1T;;;;;;;;;;;;;36*1+2T;16*1+2. The molecule has 0 aromatic carbocycles. The second-order valence-electron chi connectivity index (χ2n) is 0. The largest absolute Gasteiger partial charge is 0.0776 e. The van der Waals surface area contributed by atoms with Gasteiger partial charge in [-0.3, -0.25) is 0 Å². The smallest absolute Gasteiger partial charge is 0.0194 e. The lowest BCUT2D eigenvalue weighted by Gasteiger charge is -0.0786. The van der Waals surface area contributed by atoms with Crippen LogP contribution in [0.3, 0.4) is 0 Å². The van der Waals surface area contributed by atoms with Crippen LogP contribution in [0.15, 0.2) is 0 Å². The summed E-state index contributed by atoms with van der Waals surface area (Å²) in [4.78, 5) is 0. The zero-order valence-electron chi connectivity index (χ0n) is 112. The van der Waals surface area contributed by atoms with E-state index in [0.717, 1.165) is 0 Å². The van der Waals surface area contributed by atoms with Crippen molar-refractivity contribution in [1.82, 2.24) is 0 Å². The average Bonchev–Trinajstić information content (AvgIpc) is 3.95. The number of hydrogen-bond acceptors (Lipinski definition) is 0. The third kappa shape index (κ3) is 0. The lowest BCUT2D eigenvalue weighted by Crippen LogP contribution is 0.143. The molecule has 0 unspecified atom stereocenters. The van der Waals surface area contributed by atoms with Gasteiger partial charge in [0.25, 0.3) is 0 Å². The van der Waals surface area contributed by atoms with Crippen LogP contribution in [0.25, 0.3) is 0 Å². The van der Waals surface area contributed by atoms with E-state index in [1.54, 1.807) is 0 Å². The molecule has 0 heteroatoms. The van der Waals surface area contributed by atoms with Crippen molar-refractivity contribution in [3.8, 4) is 0 Å². The van der Waals surface area contributed by atoms with Crippen LogP contribution in [0.4, 0.5) is 0 Å². The second kappa shape index (κ2) is 0. The van der Waals surface area contributed by atoms with Crippen LogP contribution >= 0.6 is 0 Å². The van der Waals surface area contributed by atoms with Gasteiger partial charge in [-0.1, -0.05) is 237 Å². The van der Waals surface area contributed by atoms with Crippen molar-refractivity contribution in [2.75, 3.05) is 0 Å². The minimum atomic E-state index is 0. The fourth-order valence-electron chi connectivity index (χ4n) is 0. The molecule has 0 nitrogen and oxygen atoms in total. The summed E-state index contributed by atoms with van der Waals surface area (Å²) in [5.41, 5.74) is 0. The van der Waals surface area contributed by atoms with Crippen LogP contribution in [-0.4, -0.2) is 0 Å². The summed E-state index contributed by atoms with van der Waals surface area (Å²) >= 11 is 0. The first-order valence-corrected chi connectivity index (χ1v) is 0. The molecule has 0 fully saturated rings. The Morgan fingerprint density at radius 2 is 0.156 bits per heavy atom. The Bertz CT molecular complexity index is 109. The van der Waals surface area contributed by atoms with E-state index in [4.69, 9.17) is 134 Å². The highest BCUT2D eigenvalue weighted by Gasteiger charge is -0.0466. The molecule has 0 atom stereocenters. The Kier molecular flexibility index (Phi) is 0. The molecule has 0 bridgehead atoms. The predicted octanol–water partition coefficient (Wildman–Crippen LogP) is 33.1. The van der Waals surface area contributed by atoms with Crippen molar-refractivity contribution in [3.05, 3.63) is 0 Å². The summed E-state index contributed by atoms with van der Waals surface area (Å²) in [5.74, 6) is 0. The molecule has 0 spiro atoms. The molecule has 0 saturated carbocycles. The van der Waals surface area contributed by atoms with E-state index < -0.39 is 0 Å². The number of hydrogen-bond donors (Lipinski definition) is 0. The van der Waals surface area contributed by atoms with Crippen molar-refractivity contribution >= 4 is 0 Å². The van der Waals surface area contributed by atoms with Gasteiger partial charge in [0, 0.05) is 157 Å². The summed E-state index contributed by atoms with van der Waals surface area (Å²) in [7, 11) is 25.0. The van der Waals surface area contributed by atoms with E-state index >= 15 is 0 Å². The van der Waals surface area contributed by atoms with Gasteiger partial charge in [0.15, 0.2) is 0 Å². The molecule has 0 aromatic rings. The fourth-order valence-corrected chi connectivity index (χ4v) is 0. The Balaban J connectivity index is -0.00000000277. The van der Waals surface area contributed by atoms with Crippen molar-refractivity contribution in [1.29, 1.82) is 0 Å². The zero-order valence-corrected chi connectivity index (χ0v) is 20.0. The molecule has 0 rings (SSSR count). The summed E-state index contributed by atoms with van der Waals surface area (Å²) in [5, 5.41) is 0. The van der Waals surface area contributed by atoms with Crippen molar-refractivity contribution < 1.29 is 157 Å². The van der Waals surface area contributed by atoms with Gasteiger partial charge in [0.2, 0.25) is 0 Å². The van der Waals surface area contributed by atoms with Crippen LogP contribution < -0.4 is 0 Å². The fraction of sp³-hybridized carbons (Fsp3) is 1.00. The first kappa shape index (κ1) is 9.81. The SMILES string of the molecule is C.C.C.C.C.C.C.C.C.C.C.C.[3HH].[3HH].[3HH].[3HH].[3HH].[3HH].[3HH].[3HH].[3HH].[3HH].[3HH].[3HH].[3HH].[3HH].[3HH].[3HH].[3H]C.[3H]C.[3H]C.[3H]C.[3H]C.[3H]C.[3H]C.[3H]C.[3H]C.[3H]C.[3H]C.[3H]C.[3H]C.[3H]C.[3H]C.[3H]C.[3H]C.[3H]C.[3H]C.[3H]C.[3H][3H].[3H][3H].[3H][3H].[3H][3H].[3H][3H].[3H][3H].[3H][3H].[3H][3H].[3H][3H].[3H][3H].[3H][3H].[3H][3H].[3H][3H].[3H][3H].[3H][3H].[3H][3H].[3H][3H].[3H][3H].[3H][3H].[3H][3H].[3H][3H].[3H][3H].[3H][3H].[3H][3H].[3H][3H].[3H][3H].[3H][3H].[3H][3H].[3H][3H].[3H][3H].[3H][3H].[3H][3H].[3H][3H].[3H][3H].[3H][3H].[3H][3H]. The van der Waals surface area contributed by atoms with Gasteiger partial charge in [0.05, 0.1) is 0 Å². The highest BCUT2D eigenvalue weighted by atomic mass is 12.0. The third-order valence-corrected chi connectivity index (χ3v) is 0. The molecule has 0 aliphatic carbocycles. The molecule has 0 heterocycles. The molecular weight excluding hydrogens is 384 g/mol. The van der Waals surface area contributed by atoms with Gasteiger partial charge in [-0.25, -0.2) is 0 Å². The molecule has 0 amide bonds. The van der Waals surface area contributed by atoms with Gasteiger partial charge in [0.1, 0.15) is 0 Å². The van der Waals surface area contributed by atoms with Crippen LogP contribution in [0.5, 0.6) is 0 Å². The first-order chi connectivity index (χ1) is 56.0. The Morgan fingerprint density at radius 1 is 0.156 bits per heavy atom. The van der Waals surface area contributed by atoms with Crippen LogP contribution in [-0.2, 0) is 0 Å². The zero-order chi connectivity index (χ0) is 112. The minimum Gasteiger partial charge on any atom is -0.0776 e. The lowest BCUT2D eigenvalue weighted by molar-refractivity contribution is 2.50. The number of rotatable bonds is 0. The van der Waals surface area contributed by atoms with E-state index in [1.807, 2.05) is 0 Å². The van der Waals surface area contributed by atoms with E-state index in [9.17, 15) is 0 Å². The van der Waals surface area contributed by atoms with Gasteiger partial charge >= 0.3 is 0 Å². The molecular formula is C32H232. The molecule has 0 saturated heterocycles. The quantitative estimate of drug-likeness (QED) is 0.228. The Hall–Kier alpha value is 0. The Morgan fingerprint density at radius 3 is 0.156 bits per heavy atom. The maximum atomic E-state index is 5.75. The summed E-state index contributed by atoms with van der Waals surface area (Å²) in [6, 6.07) is 0.